The summed E-state index contributed by atoms with van der Waals surface area (Å²) in [5.74, 6) is -0.0666. The molecule has 0 saturated heterocycles. The molecule has 0 amide bonds. The van der Waals surface area contributed by atoms with Crippen LogP contribution >= 0.6 is 23.1 Å². The van der Waals surface area contributed by atoms with Crippen LogP contribution in [-0.4, -0.2) is 21.3 Å². The fourth-order valence-corrected chi connectivity index (χ4v) is 3.51. The first kappa shape index (κ1) is 12.4. The molecule has 2 rings (SSSR count). The van der Waals surface area contributed by atoms with Gasteiger partial charge in [-0.15, -0.1) is 23.1 Å². The summed E-state index contributed by atoms with van der Waals surface area (Å²) in [6.45, 7) is 1.89. The maximum Gasteiger partial charge on any atom is 0.316 e. The molecule has 90 valence electrons. The molecule has 0 aliphatic rings. The molecule has 0 aliphatic carbocycles. The number of thiazole rings is 1. The highest BCUT2D eigenvalue weighted by Crippen LogP contribution is 2.27. The number of rotatable bonds is 5. The van der Waals surface area contributed by atoms with Crippen molar-refractivity contribution in [2.45, 2.75) is 24.3 Å². The van der Waals surface area contributed by atoms with Crippen molar-refractivity contribution in [1.29, 1.82) is 0 Å². The molecule has 0 saturated carbocycles. The molecule has 2 aromatic rings. The molecule has 0 spiro atoms. The number of carboxylic acids is 1. The Balaban J connectivity index is 2.06. The lowest BCUT2D eigenvalue weighted by atomic mass is 10.3. The number of thioether (sulfide) groups is 1. The van der Waals surface area contributed by atoms with Gasteiger partial charge in [0.25, 0.3) is 0 Å². The van der Waals surface area contributed by atoms with E-state index < -0.39 is 5.97 Å². The van der Waals surface area contributed by atoms with Crippen LogP contribution in [0.5, 0.6) is 0 Å². The van der Waals surface area contributed by atoms with E-state index in [-0.39, 0.29) is 5.25 Å². The molecule has 5 heteroatoms. The van der Waals surface area contributed by atoms with Crippen molar-refractivity contribution in [1.82, 2.24) is 4.98 Å². The molecule has 1 aromatic heterocycles. The summed E-state index contributed by atoms with van der Waals surface area (Å²) < 4.78 is 1.16. The fourth-order valence-electron chi connectivity index (χ4n) is 1.52. The van der Waals surface area contributed by atoms with Crippen LogP contribution in [0.2, 0.25) is 0 Å². The number of nitrogens with zero attached hydrogens (tertiary/aromatic N) is 1. The third kappa shape index (κ3) is 2.98. The number of carbonyl (C=O) groups is 1. The van der Waals surface area contributed by atoms with Crippen LogP contribution in [0.1, 0.15) is 18.4 Å². The van der Waals surface area contributed by atoms with Crippen molar-refractivity contribution in [2.75, 3.05) is 0 Å². The van der Waals surface area contributed by atoms with E-state index in [0.717, 1.165) is 15.2 Å². The number of para-hydroxylation sites is 1. The first-order valence-electron chi connectivity index (χ1n) is 5.39. The Hall–Kier alpha value is -1.07. The van der Waals surface area contributed by atoms with Gasteiger partial charge in [0.05, 0.1) is 10.2 Å². The number of hydrogen-bond donors (Lipinski definition) is 1. The monoisotopic (exact) mass is 267 g/mol. The zero-order valence-electron chi connectivity index (χ0n) is 9.42. The topological polar surface area (TPSA) is 50.2 Å². The standard InChI is InChI=1S/C12H13NO2S2/c1-2-9(12(14)15)16-7-11-13-8-5-3-4-6-10(8)17-11/h3-6,9H,2,7H2,1H3,(H,14,15). The Morgan fingerprint density at radius 3 is 2.94 bits per heavy atom. The molecule has 1 atom stereocenters. The number of carboxylic acid groups (broad SMARTS) is 1. The van der Waals surface area contributed by atoms with Gasteiger partial charge in [0, 0.05) is 5.75 Å². The molecular weight excluding hydrogens is 254 g/mol. The maximum atomic E-state index is 10.9. The van der Waals surface area contributed by atoms with Crippen molar-refractivity contribution in [3.05, 3.63) is 29.3 Å². The molecule has 0 fully saturated rings. The molecule has 1 unspecified atom stereocenters. The van der Waals surface area contributed by atoms with Gasteiger partial charge in [0.1, 0.15) is 10.3 Å². The number of hydrogen-bond acceptors (Lipinski definition) is 4. The van der Waals surface area contributed by atoms with Gasteiger partial charge in [-0.1, -0.05) is 19.1 Å². The second-order valence-corrected chi connectivity index (χ2v) is 5.93. The van der Waals surface area contributed by atoms with E-state index >= 15 is 0 Å². The van der Waals surface area contributed by atoms with Gasteiger partial charge in [-0.2, -0.15) is 0 Å². The van der Waals surface area contributed by atoms with Crippen molar-refractivity contribution in [3.8, 4) is 0 Å². The fraction of sp³-hybridized carbons (Fsp3) is 0.333. The quantitative estimate of drug-likeness (QED) is 0.902. The number of aromatic nitrogens is 1. The highest BCUT2D eigenvalue weighted by atomic mass is 32.2. The predicted molar refractivity (Wildman–Crippen MR) is 72.6 cm³/mol. The van der Waals surface area contributed by atoms with Gasteiger partial charge < -0.3 is 5.11 Å². The van der Waals surface area contributed by atoms with Crippen LogP contribution in [0, 0.1) is 0 Å². The Kier molecular flexibility index (Phi) is 4.02. The zero-order valence-corrected chi connectivity index (χ0v) is 11.1. The molecule has 17 heavy (non-hydrogen) atoms. The second-order valence-electron chi connectivity index (χ2n) is 3.62. The summed E-state index contributed by atoms with van der Waals surface area (Å²) in [5, 5.41) is 9.62. The molecular formula is C12H13NO2S2. The number of aliphatic carboxylic acids is 1. The predicted octanol–water partition coefficient (Wildman–Crippen LogP) is 3.39. The first-order valence-corrected chi connectivity index (χ1v) is 7.26. The lowest BCUT2D eigenvalue weighted by molar-refractivity contribution is -0.136. The maximum absolute atomic E-state index is 10.9. The van der Waals surface area contributed by atoms with Gasteiger partial charge in [-0.25, -0.2) is 4.98 Å². The molecule has 3 nitrogen and oxygen atoms in total. The molecule has 1 aromatic carbocycles. The van der Waals surface area contributed by atoms with Crippen LogP contribution in [0.25, 0.3) is 10.2 Å². The Morgan fingerprint density at radius 2 is 2.29 bits per heavy atom. The van der Waals surface area contributed by atoms with E-state index in [1.165, 1.54) is 11.8 Å². The molecule has 0 bridgehead atoms. The normalized spacial score (nSPS) is 12.8. The highest BCUT2D eigenvalue weighted by Gasteiger charge is 2.16. The van der Waals surface area contributed by atoms with Gasteiger partial charge in [0.2, 0.25) is 0 Å². The smallest absolute Gasteiger partial charge is 0.316 e. The lowest BCUT2D eigenvalue weighted by Gasteiger charge is -2.06. The van der Waals surface area contributed by atoms with Gasteiger partial charge in [0.15, 0.2) is 0 Å². The Labute approximate surface area is 108 Å². The van der Waals surface area contributed by atoms with Crippen molar-refractivity contribution in [2.24, 2.45) is 0 Å². The molecule has 0 radical (unpaired) electrons. The SMILES string of the molecule is CCC(SCc1nc2ccccc2s1)C(=O)O. The summed E-state index contributed by atoms with van der Waals surface area (Å²) in [5.41, 5.74) is 0.997. The summed E-state index contributed by atoms with van der Waals surface area (Å²) in [6.07, 6.45) is 0.644. The highest BCUT2D eigenvalue weighted by molar-refractivity contribution is 7.99. The molecule has 1 heterocycles. The second kappa shape index (κ2) is 5.51. The first-order chi connectivity index (χ1) is 8.20. The lowest BCUT2D eigenvalue weighted by Crippen LogP contribution is -2.14. The summed E-state index contributed by atoms with van der Waals surface area (Å²) in [4.78, 5) is 15.4. The Morgan fingerprint density at radius 1 is 1.53 bits per heavy atom. The Bertz CT molecular complexity index is 491. The average Bonchev–Trinajstić information content (AvgIpc) is 2.71. The van der Waals surface area contributed by atoms with Crippen LogP contribution in [0.3, 0.4) is 0 Å². The minimum atomic E-state index is -0.737. The van der Waals surface area contributed by atoms with Gasteiger partial charge >= 0.3 is 5.97 Å². The van der Waals surface area contributed by atoms with Crippen molar-refractivity contribution in [3.63, 3.8) is 0 Å². The third-order valence-corrected chi connectivity index (χ3v) is 4.99. The van der Waals surface area contributed by atoms with Crippen LogP contribution in [0.15, 0.2) is 24.3 Å². The minimum absolute atomic E-state index is 0.331. The average molecular weight is 267 g/mol. The molecule has 0 aliphatic heterocycles. The minimum Gasteiger partial charge on any atom is -0.480 e. The van der Waals surface area contributed by atoms with Gasteiger partial charge in [-0.3, -0.25) is 4.79 Å². The summed E-state index contributed by atoms with van der Waals surface area (Å²) in [7, 11) is 0. The number of benzene rings is 1. The van der Waals surface area contributed by atoms with E-state index in [2.05, 4.69) is 4.98 Å². The van der Waals surface area contributed by atoms with E-state index in [0.29, 0.717) is 12.2 Å². The van der Waals surface area contributed by atoms with Crippen LogP contribution in [-0.2, 0) is 10.5 Å². The van der Waals surface area contributed by atoms with E-state index in [4.69, 9.17) is 5.11 Å². The van der Waals surface area contributed by atoms with Crippen molar-refractivity contribution < 1.29 is 9.90 Å². The summed E-state index contributed by atoms with van der Waals surface area (Å²) >= 11 is 3.08. The van der Waals surface area contributed by atoms with Crippen molar-refractivity contribution >= 4 is 39.3 Å². The summed E-state index contributed by atoms with van der Waals surface area (Å²) in [6, 6.07) is 7.97. The van der Waals surface area contributed by atoms with Crippen LogP contribution < -0.4 is 0 Å². The van der Waals surface area contributed by atoms with E-state index in [1.54, 1.807) is 11.3 Å². The number of fused-ring (bicyclic) bond motifs is 1. The van der Waals surface area contributed by atoms with E-state index in [1.807, 2.05) is 31.2 Å². The molecule has 1 N–H and O–H groups in total. The van der Waals surface area contributed by atoms with E-state index in [9.17, 15) is 4.79 Å². The zero-order chi connectivity index (χ0) is 12.3. The third-order valence-electron chi connectivity index (χ3n) is 2.39. The van der Waals surface area contributed by atoms with Crippen LogP contribution in [0.4, 0.5) is 0 Å². The largest absolute Gasteiger partial charge is 0.480 e. The van der Waals surface area contributed by atoms with Gasteiger partial charge in [-0.05, 0) is 18.6 Å².